The van der Waals surface area contributed by atoms with Gasteiger partial charge in [0, 0.05) is 11.9 Å². The van der Waals surface area contributed by atoms with Gasteiger partial charge in [-0.25, -0.2) is 9.59 Å². The highest BCUT2D eigenvalue weighted by Gasteiger charge is 2.38. The smallest absolute Gasteiger partial charge is 0.351 e. The predicted molar refractivity (Wildman–Crippen MR) is 101 cm³/mol. The number of nitrogens with zero attached hydrogens (tertiary/aromatic N) is 2. The van der Waals surface area contributed by atoms with Crippen LogP contribution in [0.5, 0.6) is 0 Å². The van der Waals surface area contributed by atoms with E-state index in [4.69, 9.17) is 15.2 Å². The van der Waals surface area contributed by atoms with Crippen molar-refractivity contribution in [3.8, 4) is 0 Å². The third-order valence-electron chi connectivity index (χ3n) is 5.25. The van der Waals surface area contributed by atoms with Crippen LogP contribution in [-0.2, 0) is 14.3 Å². The number of esters is 1. The molecule has 0 bridgehead atoms. The summed E-state index contributed by atoms with van der Waals surface area (Å²) in [6, 6.07) is 1.54. The molecule has 5 atom stereocenters. The van der Waals surface area contributed by atoms with Crippen LogP contribution in [0, 0.1) is 17.8 Å². The molecule has 3 rings (SSSR count). The van der Waals surface area contributed by atoms with Crippen molar-refractivity contribution in [3.63, 3.8) is 0 Å². The summed E-state index contributed by atoms with van der Waals surface area (Å²) in [6.07, 6.45) is 4.11. The summed E-state index contributed by atoms with van der Waals surface area (Å²) in [7, 11) is 0. The molecule has 1 aliphatic carbocycles. The van der Waals surface area contributed by atoms with E-state index < -0.39 is 17.4 Å². The third kappa shape index (κ3) is 4.23. The Bertz CT molecular complexity index is 708. The molecule has 2 heterocycles. The second-order valence-electron chi connectivity index (χ2n) is 7.60. The zero-order valence-corrected chi connectivity index (χ0v) is 16.3. The number of ether oxygens (including phenoxy) is 2. The van der Waals surface area contributed by atoms with E-state index in [0.717, 1.165) is 12.8 Å². The van der Waals surface area contributed by atoms with Gasteiger partial charge in [0.15, 0.2) is 0 Å². The molecule has 8 heteroatoms. The lowest BCUT2D eigenvalue weighted by atomic mass is 9.75. The van der Waals surface area contributed by atoms with Crippen molar-refractivity contribution in [3.05, 3.63) is 22.7 Å². The predicted octanol–water partition coefficient (Wildman–Crippen LogP) is 2.42. The first-order valence-electron chi connectivity index (χ1n) is 9.17. The highest BCUT2D eigenvalue weighted by atomic mass is 32.2. The highest BCUT2D eigenvalue weighted by molar-refractivity contribution is 8.00. The van der Waals surface area contributed by atoms with E-state index in [9.17, 15) is 9.59 Å². The molecule has 2 N–H and O–H groups in total. The van der Waals surface area contributed by atoms with Gasteiger partial charge in [-0.15, -0.1) is 11.8 Å². The molecule has 2 fully saturated rings. The van der Waals surface area contributed by atoms with Crippen LogP contribution in [0.3, 0.4) is 0 Å². The van der Waals surface area contributed by atoms with E-state index in [1.807, 2.05) is 0 Å². The van der Waals surface area contributed by atoms with Gasteiger partial charge in [0.25, 0.3) is 0 Å². The Morgan fingerprint density at radius 1 is 1.46 bits per heavy atom. The van der Waals surface area contributed by atoms with Crippen LogP contribution in [0.15, 0.2) is 17.1 Å². The number of nitrogens with two attached hydrogens (primary N) is 1. The van der Waals surface area contributed by atoms with Crippen LogP contribution in [0.1, 0.15) is 46.3 Å². The topological polar surface area (TPSA) is 96.4 Å². The van der Waals surface area contributed by atoms with Crippen molar-refractivity contribution in [2.45, 2.75) is 57.8 Å². The highest BCUT2D eigenvalue weighted by Crippen LogP contribution is 2.37. The van der Waals surface area contributed by atoms with E-state index in [1.54, 1.807) is 6.20 Å². The number of carbonyl (C=O) groups excluding carboxylic acids is 1. The molecule has 1 aliphatic heterocycles. The molecule has 1 saturated heterocycles. The first kappa shape index (κ1) is 19.2. The van der Waals surface area contributed by atoms with E-state index >= 15 is 0 Å². The minimum absolute atomic E-state index is 0.0598. The number of thioether (sulfide) groups is 1. The summed E-state index contributed by atoms with van der Waals surface area (Å²) in [5, 5.41) is 0. The standard InChI is InChI=1S/C18H27N3O4S/c1-10(2)12-5-4-11(3)8-13(12)24-16(22)17-25-15(9-26-17)21-7-6-14(19)20-18(21)23/h6-7,10-13,15,17H,4-5,8-9H2,1-3H3,(H2,19,20,23)/t11-,12+,13-,15-,17+/m1/s1. The van der Waals surface area contributed by atoms with Crippen molar-refractivity contribution in [1.29, 1.82) is 0 Å². The number of hydrogen-bond acceptors (Lipinski definition) is 7. The second kappa shape index (κ2) is 8.00. The minimum atomic E-state index is -0.713. The Morgan fingerprint density at radius 3 is 2.92 bits per heavy atom. The fraction of sp³-hybridized carbons (Fsp3) is 0.722. The molecule has 7 nitrogen and oxygen atoms in total. The Balaban J connectivity index is 1.63. The minimum Gasteiger partial charge on any atom is -0.459 e. The lowest BCUT2D eigenvalue weighted by Gasteiger charge is -2.37. The van der Waals surface area contributed by atoms with Crippen molar-refractivity contribution in [2.75, 3.05) is 11.5 Å². The zero-order valence-electron chi connectivity index (χ0n) is 15.5. The van der Waals surface area contributed by atoms with Gasteiger partial charge >= 0.3 is 11.7 Å². The van der Waals surface area contributed by atoms with Crippen molar-refractivity contribution in [1.82, 2.24) is 9.55 Å². The molecule has 2 aliphatic rings. The molecular formula is C18H27N3O4S. The summed E-state index contributed by atoms with van der Waals surface area (Å²) in [6.45, 7) is 6.56. The first-order chi connectivity index (χ1) is 12.3. The lowest BCUT2D eigenvalue weighted by molar-refractivity contribution is -0.166. The van der Waals surface area contributed by atoms with Gasteiger partial charge in [-0.1, -0.05) is 27.2 Å². The van der Waals surface area contributed by atoms with Gasteiger partial charge in [-0.05, 0) is 36.7 Å². The van der Waals surface area contributed by atoms with Gasteiger partial charge in [0.2, 0.25) is 5.44 Å². The maximum Gasteiger partial charge on any atom is 0.351 e. The van der Waals surface area contributed by atoms with Gasteiger partial charge in [0.1, 0.15) is 18.1 Å². The van der Waals surface area contributed by atoms with Gasteiger partial charge in [-0.2, -0.15) is 4.98 Å². The molecule has 0 radical (unpaired) electrons. The molecule has 144 valence electrons. The van der Waals surface area contributed by atoms with E-state index in [2.05, 4.69) is 25.8 Å². The van der Waals surface area contributed by atoms with E-state index in [0.29, 0.717) is 23.5 Å². The van der Waals surface area contributed by atoms with Crippen LogP contribution in [0.2, 0.25) is 0 Å². The zero-order chi connectivity index (χ0) is 18.8. The average Bonchev–Trinajstić information content (AvgIpc) is 3.04. The van der Waals surface area contributed by atoms with Gasteiger partial charge < -0.3 is 15.2 Å². The molecule has 1 aromatic rings. The molecule has 0 unspecified atom stereocenters. The number of rotatable bonds is 4. The number of aromatic nitrogens is 2. The fourth-order valence-electron chi connectivity index (χ4n) is 3.76. The Morgan fingerprint density at radius 2 is 2.23 bits per heavy atom. The molecule has 0 amide bonds. The fourth-order valence-corrected chi connectivity index (χ4v) is 4.74. The van der Waals surface area contributed by atoms with Crippen LogP contribution in [0.25, 0.3) is 0 Å². The summed E-state index contributed by atoms with van der Waals surface area (Å²) in [5.74, 6) is 1.73. The van der Waals surface area contributed by atoms with Crippen molar-refractivity contribution < 1.29 is 14.3 Å². The second-order valence-corrected chi connectivity index (χ2v) is 8.69. The largest absolute Gasteiger partial charge is 0.459 e. The molecular weight excluding hydrogens is 354 g/mol. The number of anilines is 1. The monoisotopic (exact) mass is 381 g/mol. The van der Waals surface area contributed by atoms with Crippen molar-refractivity contribution in [2.24, 2.45) is 17.8 Å². The van der Waals surface area contributed by atoms with E-state index in [1.165, 1.54) is 28.8 Å². The SMILES string of the molecule is CC(C)[C@@H]1CC[C@@H](C)C[C@H]1OC(=O)[C@H]1O[C@@H](n2ccc(N)nc2=O)CS1. The van der Waals surface area contributed by atoms with Gasteiger partial charge in [0.05, 0.1) is 0 Å². The molecule has 0 spiro atoms. The molecule has 1 aromatic heterocycles. The summed E-state index contributed by atoms with van der Waals surface area (Å²) in [4.78, 5) is 28.3. The van der Waals surface area contributed by atoms with Gasteiger partial charge in [-0.3, -0.25) is 4.57 Å². The average molecular weight is 381 g/mol. The molecule has 0 aromatic carbocycles. The Hall–Kier alpha value is -1.54. The maximum absolute atomic E-state index is 12.6. The normalized spacial score (nSPS) is 31.9. The number of carbonyl (C=O) groups is 1. The molecule has 26 heavy (non-hydrogen) atoms. The van der Waals surface area contributed by atoms with Crippen LogP contribution in [-0.4, -0.2) is 32.8 Å². The van der Waals surface area contributed by atoms with Crippen LogP contribution >= 0.6 is 11.8 Å². The Kier molecular flexibility index (Phi) is 5.92. The van der Waals surface area contributed by atoms with E-state index in [-0.39, 0.29) is 17.9 Å². The summed E-state index contributed by atoms with van der Waals surface area (Å²) in [5.41, 5.74) is 4.32. The summed E-state index contributed by atoms with van der Waals surface area (Å²) < 4.78 is 13.0. The number of nitrogen functional groups attached to an aromatic ring is 1. The lowest BCUT2D eigenvalue weighted by Crippen LogP contribution is -2.38. The van der Waals surface area contributed by atoms with Crippen molar-refractivity contribution >= 4 is 23.5 Å². The summed E-state index contributed by atoms with van der Waals surface area (Å²) >= 11 is 1.35. The first-order valence-corrected chi connectivity index (χ1v) is 10.2. The quantitative estimate of drug-likeness (QED) is 0.800. The number of hydrogen-bond donors (Lipinski definition) is 1. The molecule has 1 saturated carbocycles. The van der Waals surface area contributed by atoms with Crippen LogP contribution in [0.4, 0.5) is 5.82 Å². The third-order valence-corrected chi connectivity index (χ3v) is 6.34. The maximum atomic E-state index is 12.6. The van der Waals surface area contributed by atoms with Crippen LogP contribution < -0.4 is 11.4 Å². The Labute approximate surface area is 157 Å².